The fourth-order valence-corrected chi connectivity index (χ4v) is 3.61. The zero-order valence-electron chi connectivity index (χ0n) is 13.5. The number of quaternary nitrogens is 1. The van der Waals surface area contributed by atoms with E-state index < -0.39 is 0 Å². The minimum atomic E-state index is 1.05. The summed E-state index contributed by atoms with van der Waals surface area (Å²) < 4.78 is 1.12. The average molecular weight is 274 g/mol. The molecule has 0 aromatic heterocycles. The molecule has 1 nitrogen and oxygen atoms in total. The van der Waals surface area contributed by atoms with E-state index in [2.05, 4.69) is 44.4 Å². The highest BCUT2D eigenvalue weighted by Crippen LogP contribution is 2.27. The first-order valence-corrected chi connectivity index (χ1v) is 8.52. The second-order valence-corrected chi connectivity index (χ2v) is 7.30. The number of benzene rings is 1. The fourth-order valence-electron chi connectivity index (χ4n) is 3.61. The second-order valence-electron chi connectivity index (χ2n) is 7.30. The lowest BCUT2D eigenvalue weighted by molar-refractivity contribution is -0.903. The van der Waals surface area contributed by atoms with Crippen LogP contribution in [-0.2, 0) is 6.54 Å². The number of hydrogen-bond acceptors (Lipinski definition) is 0. The molecular formula is C19H32N+. The summed E-state index contributed by atoms with van der Waals surface area (Å²) in [5.41, 5.74) is 1.46. The molecule has 0 spiro atoms. The van der Waals surface area contributed by atoms with E-state index >= 15 is 0 Å². The van der Waals surface area contributed by atoms with Crippen LogP contribution >= 0.6 is 0 Å². The van der Waals surface area contributed by atoms with Crippen LogP contribution in [0.5, 0.6) is 0 Å². The van der Waals surface area contributed by atoms with Crippen molar-refractivity contribution >= 4 is 0 Å². The van der Waals surface area contributed by atoms with Crippen molar-refractivity contribution in [2.75, 3.05) is 20.6 Å². The monoisotopic (exact) mass is 274 g/mol. The predicted octanol–water partition coefficient (Wildman–Crippen LogP) is 5.01. The summed E-state index contributed by atoms with van der Waals surface area (Å²) in [5, 5.41) is 0. The van der Waals surface area contributed by atoms with Crippen molar-refractivity contribution in [2.45, 2.75) is 57.9 Å². The molecule has 112 valence electrons. The topological polar surface area (TPSA) is 0 Å². The van der Waals surface area contributed by atoms with E-state index in [1.165, 1.54) is 63.5 Å². The van der Waals surface area contributed by atoms with Crippen LogP contribution in [0.1, 0.15) is 56.9 Å². The lowest BCUT2D eigenvalue weighted by atomic mass is 9.86. The van der Waals surface area contributed by atoms with Gasteiger partial charge in [-0.25, -0.2) is 0 Å². The van der Waals surface area contributed by atoms with Crippen LogP contribution < -0.4 is 0 Å². The van der Waals surface area contributed by atoms with E-state index in [0.717, 1.165) is 16.9 Å². The fraction of sp³-hybridized carbons (Fsp3) is 0.684. The van der Waals surface area contributed by atoms with Gasteiger partial charge >= 0.3 is 0 Å². The van der Waals surface area contributed by atoms with Gasteiger partial charge in [-0.2, -0.15) is 0 Å². The Morgan fingerprint density at radius 3 is 2.35 bits per heavy atom. The number of hydrogen-bond donors (Lipinski definition) is 0. The molecule has 0 amide bonds. The molecule has 0 atom stereocenters. The van der Waals surface area contributed by atoms with Gasteiger partial charge in [0, 0.05) is 5.56 Å². The third kappa shape index (κ3) is 5.66. The summed E-state index contributed by atoms with van der Waals surface area (Å²) in [7, 11) is 4.74. The summed E-state index contributed by atoms with van der Waals surface area (Å²) in [5.74, 6) is 1.05. The maximum absolute atomic E-state index is 2.37. The molecular weight excluding hydrogens is 242 g/mol. The van der Waals surface area contributed by atoms with Crippen LogP contribution in [0.25, 0.3) is 0 Å². The molecule has 1 aromatic carbocycles. The molecule has 0 heterocycles. The van der Waals surface area contributed by atoms with Crippen LogP contribution in [0.3, 0.4) is 0 Å². The van der Waals surface area contributed by atoms with Crippen molar-refractivity contribution in [3.63, 3.8) is 0 Å². The zero-order valence-corrected chi connectivity index (χ0v) is 13.5. The Morgan fingerprint density at radius 1 is 0.950 bits per heavy atom. The van der Waals surface area contributed by atoms with Crippen molar-refractivity contribution in [3.8, 4) is 0 Å². The first-order valence-electron chi connectivity index (χ1n) is 8.52. The molecule has 20 heavy (non-hydrogen) atoms. The molecule has 0 unspecified atom stereocenters. The van der Waals surface area contributed by atoms with E-state index in [9.17, 15) is 0 Å². The molecule has 1 fully saturated rings. The molecule has 1 aromatic rings. The van der Waals surface area contributed by atoms with Crippen LogP contribution in [0.4, 0.5) is 0 Å². The van der Waals surface area contributed by atoms with E-state index in [-0.39, 0.29) is 0 Å². The standard InChI is InChI=1S/C19H32N/c1-20(2,17-19-14-7-4-8-15-19)16-10-9-13-18-11-5-3-6-12-18/h4,7-8,14-15,18H,3,5-6,9-13,16-17H2,1-2H3/q+1. The average Bonchev–Trinajstić information content (AvgIpc) is 2.45. The molecule has 0 N–H and O–H groups in total. The van der Waals surface area contributed by atoms with Crippen molar-refractivity contribution in [3.05, 3.63) is 35.9 Å². The van der Waals surface area contributed by atoms with E-state index in [4.69, 9.17) is 0 Å². The van der Waals surface area contributed by atoms with Gasteiger partial charge in [-0.05, 0) is 18.8 Å². The molecule has 0 saturated heterocycles. The zero-order chi connectivity index (χ0) is 14.3. The number of nitrogens with zero attached hydrogens (tertiary/aromatic N) is 1. The van der Waals surface area contributed by atoms with Crippen LogP contribution in [0.2, 0.25) is 0 Å². The predicted molar refractivity (Wildman–Crippen MR) is 87.5 cm³/mol. The summed E-state index contributed by atoms with van der Waals surface area (Å²) in [4.78, 5) is 0. The van der Waals surface area contributed by atoms with Gasteiger partial charge in [0.1, 0.15) is 6.54 Å². The normalized spacial score (nSPS) is 17.3. The highest BCUT2D eigenvalue weighted by Gasteiger charge is 2.17. The van der Waals surface area contributed by atoms with Gasteiger partial charge in [-0.15, -0.1) is 0 Å². The first-order chi connectivity index (χ1) is 9.66. The van der Waals surface area contributed by atoms with Crippen LogP contribution in [0.15, 0.2) is 30.3 Å². The van der Waals surface area contributed by atoms with E-state index in [1.54, 1.807) is 0 Å². The largest absolute Gasteiger partial charge is 0.325 e. The number of unbranched alkanes of at least 4 members (excludes halogenated alkanes) is 1. The van der Waals surface area contributed by atoms with Crippen LogP contribution in [0, 0.1) is 5.92 Å². The SMILES string of the molecule is C[N+](C)(CCCCC1CCCCC1)Cc1ccccc1. The molecule has 1 heteroatoms. The Kier molecular flexibility index (Phi) is 6.09. The van der Waals surface area contributed by atoms with Crippen molar-refractivity contribution < 1.29 is 4.48 Å². The quantitative estimate of drug-likeness (QED) is 0.484. The summed E-state index contributed by atoms with van der Waals surface area (Å²) >= 11 is 0. The Hall–Kier alpha value is -0.820. The van der Waals surface area contributed by atoms with Gasteiger partial charge in [0.25, 0.3) is 0 Å². The molecule has 1 aliphatic carbocycles. The molecule has 0 aliphatic heterocycles. The van der Waals surface area contributed by atoms with E-state index in [0.29, 0.717) is 0 Å². The van der Waals surface area contributed by atoms with Crippen LogP contribution in [-0.4, -0.2) is 25.1 Å². The van der Waals surface area contributed by atoms with Gasteiger partial charge in [0.15, 0.2) is 0 Å². The lowest BCUT2D eigenvalue weighted by Gasteiger charge is -2.30. The third-order valence-corrected chi connectivity index (χ3v) is 4.80. The minimum absolute atomic E-state index is 1.05. The maximum Gasteiger partial charge on any atom is 0.104 e. The van der Waals surface area contributed by atoms with Gasteiger partial charge in [0.05, 0.1) is 20.6 Å². The highest BCUT2D eigenvalue weighted by atomic mass is 15.3. The molecule has 0 radical (unpaired) electrons. The molecule has 1 aliphatic rings. The van der Waals surface area contributed by atoms with Gasteiger partial charge < -0.3 is 4.48 Å². The van der Waals surface area contributed by atoms with Gasteiger partial charge in [0.2, 0.25) is 0 Å². The smallest absolute Gasteiger partial charge is 0.104 e. The Bertz CT molecular complexity index is 363. The lowest BCUT2D eigenvalue weighted by Crippen LogP contribution is -2.39. The molecule has 0 bridgehead atoms. The Labute approximate surface area is 125 Å². The van der Waals surface area contributed by atoms with Gasteiger partial charge in [-0.1, -0.05) is 68.9 Å². The summed E-state index contributed by atoms with van der Waals surface area (Å²) in [6.07, 6.45) is 11.8. The molecule has 1 saturated carbocycles. The maximum atomic E-state index is 2.37. The Morgan fingerprint density at radius 2 is 1.65 bits per heavy atom. The third-order valence-electron chi connectivity index (χ3n) is 4.80. The summed E-state index contributed by atoms with van der Waals surface area (Å²) in [6.45, 7) is 2.46. The van der Waals surface area contributed by atoms with E-state index in [1.807, 2.05) is 0 Å². The molecule has 2 rings (SSSR count). The summed E-state index contributed by atoms with van der Waals surface area (Å²) in [6, 6.07) is 10.9. The van der Waals surface area contributed by atoms with Crippen molar-refractivity contribution in [1.82, 2.24) is 0 Å². The number of rotatable bonds is 7. The first kappa shape index (κ1) is 15.6. The van der Waals surface area contributed by atoms with Crippen molar-refractivity contribution in [2.24, 2.45) is 5.92 Å². The minimum Gasteiger partial charge on any atom is -0.325 e. The van der Waals surface area contributed by atoms with Crippen molar-refractivity contribution in [1.29, 1.82) is 0 Å². The highest BCUT2D eigenvalue weighted by molar-refractivity contribution is 5.13. The van der Waals surface area contributed by atoms with Gasteiger partial charge in [-0.3, -0.25) is 0 Å². The Balaban J connectivity index is 1.64. The second kappa shape index (κ2) is 7.83.